The summed E-state index contributed by atoms with van der Waals surface area (Å²) in [5.41, 5.74) is 0. The highest BCUT2D eigenvalue weighted by atomic mass is 28.4. The van der Waals surface area contributed by atoms with Gasteiger partial charge in [-0.1, -0.05) is 6.92 Å². The zero-order valence-corrected chi connectivity index (χ0v) is 9.25. The molecule has 74 valence electrons. The van der Waals surface area contributed by atoms with Gasteiger partial charge in [-0.3, -0.25) is 0 Å². The first-order valence-corrected chi connectivity index (χ1v) is 5.91. The summed E-state index contributed by atoms with van der Waals surface area (Å²) in [6, 6.07) is 0.816. The van der Waals surface area contributed by atoms with E-state index < -0.39 is 8.80 Å². The van der Waals surface area contributed by atoms with Crippen molar-refractivity contribution in [1.82, 2.24) is 0 Å². The lowest BCUT2D eigenvalue weighted by Gasteiger charge is -2.22. The Morgan fingerprint density at radius 3 is 1.42 bits per heavy atom. The minimum absolute atomic E-state index is 0.816. The second-order valence-electron chi connectivity index (χ2n) is 2.26. The Kier molecular flexibility index (Phi) is 6.59. The molecule has 0 radical (unpaired) electrons. The highest BCUT2D eigenvalue weighted by molar-refractivity contribution is 6.60. The molecule has 1 aliphatic heterocycles. The van der Waals surface area contributed by atoms with Gasteiger partial charge in [0.2, 0.25) is 0 Å². The fraction of sp³-hybridized carbons (Fsp3) is 1.00. The first-order valence-electron chi connectivity index (χ1n) is 3.98. The van der Waals surface area contributed by atoms with Crippen molar-refractivity contribution in [1.29, 1.82) is 0 Å². The van der Waals surface area contributed by atoms with E-state index in [9.17, 15) is 0 Å². The first-order chi connectivity index (χ1) is 5.74. The van der Waals surface area contributed by atoms with Crippen molar-refractivity contribution in [3.63, 3.8) is 0 Å². The SMILES string of the molecule is C1CO1.CC[Si](OC)(OC)OC. The molecule has 1 heterocycles. The fourth-order valence-electron chi connectivity index (χ4n) is 0.683. The highest BCUT2D eigenvalue weighted by Gasteiger charge is 2.34. The Bertz CT molecular complexity index is 83.3. The van der Waals surface area contributed by atoms with E-state index in [2.05, 4.69) is 4.74 Å². The Morgan fingerprint density at radius 2 is 1.42 bits per heavy atom. The summed E-state index contributed by atoms with van der Waals surface area (Å²) in [6.45, 7) is 3.99. The molecule has 4 nitrogen and oxygen atoms in total. The maximum absolute atomic E-state index is 5.08. The zero-order valence-electron chi connectivity index (χ0n) is 8.25. The van der Waals surface area contributed by atoms with Crippen molar-refractivity contribution in [2.45, 2.75) is 13.0 Å². The van der Waals surface area contributed by atoms with Crippen LogP contribution in [-0.4, -0.2) is 43.3 Å². The number of hydrogen-bond donors (Lipinski definition) is 0. The molecule has 0 aromatic carbocycles. The van der Waals surface area contributed by atoms with Crippen LogP contribution < -0.4 is 0 Å². The van der Waals surface area contributed by atoms with Gasteiger partial charge in [-0.15, -0.1) is 0 Å². The zero-order chi connectivity index (χ0) is 9.45. The summed E-state index contributed by atoms with van der Waals surface area (Å²) in [7, 11) is 2.65. The molecule has 0 unspecified atom stereocenters. The fourth-order valence-corrected chi connectivity index (χ4v) is 2.05. The lowest BCUT2D eigenvalue weighted by molar-refractivity contribution is 0.125. The quantitative estimate of drug-likeness (QED) is 0.492. The number of epoxide rings is 1. The standard InChI is InChI=1S/C5H14O3Si.C2H4O/c1-5-9(6-2,7-3)8-4;1-2-3-1/h5H2,1-4H3;1-2H2. The van der Waals surface area contributed by atoms with Crippen LogP contribution in [-0.2, 0) is 18.0 Å². The Labute approximate surface area is 75.1 Å². The molecule has 0 atom stereocenters. The predicted molar refractivity (Wildman–Crippen MR) is 48.1 cm³/mol. The van der Waals surface area contributed by atoms with Gasteiger partial charge in [0.1, 0.15) is 0 Å². The van der Waals surface area contributed by atoms with E-state index in [1.54, 1.807) is 21.3 Å². The lowest BCUT2D eigenvalue weighted by atomic mass is 11.0. The van der Waals surface area contributed by atoms with Gasteiger partial charge < -0.3 is 18.0 Å². The van der Waals surface area contributed by atoms with Gasteiger partial charge in [-0.25, -0.2) is 0 Å². The van der Waals surface area contributed by atoms with Crippen molar-refractivity contribution in [3.05, 3.63) is 0 Å². The molecule has 1 rings (SSSR count). The number of hydrogen-bond acceptors (Lipinski definition) is 4. The topological polar surface area (TPSA) is 40.2 Å². The summed E-state index contributed by atoms with van der Waals surface area (Å²) in [5.74, 6) is 0. The van der Waals surface area contributed by atoms with Crippen molar-refractivity contribution >= 4 is 8.80 Å². The van der Waals surface area contributed by atoms with E-state index in [-0.39, 0.29) is 0 Å². The van der Waals surface area contributed by atoms with Gasteiger partial charge in [0.15, 0.2) is 0 Å². The largest absolute Gasteiger partial charge is 0.499 e. The maximum Gasteiger partial charge on any atom is 0.499 e. The third kappa shape index (κ3) is 4.84. The molecule has 1 aliphatic rings. The second-order valence-corrected chi connectivity index (χ2v) is 5.56. The van der Waals surface area contributed by atoms with E-state index in [1.165, 1.54) is 0 Å². The van der Waals surface area contributed by atoms with Crippen molar-refractivity contribution in [3.8, 4) is 0 Å². The van der Waals surface area contributed by atoms with Gasteiger partial charge in [0, 0.05) is 27.4 Å². The molecular formula is C7H18O4Si. The molecular weight excluding hydrogens is 176 g/mol. The van der Waals surface area contributed by atoms with Gasteiger partial charge >= 0.3 is 8.80 Å². The van der Waals surface area contributed by atoms with E-state index >= 15 is 0 Å². The third-order valence-corrected chi connectivity index (χ3v) is 4.30. The van der Waals surface area contributed by atoms with Crippen LogP contribution in [0.15, 0.2) is 0 Å². The van der Waals surface area contributed by atoms with Crippen molar-refractivity contribution in [2.24, 2.45) is 0 Å². The Morgan fingerprint density at radius 1 is 1.08 bits per heavy atom. The maximum atomic E-state index is 5.08. The Hall–Kier alpha value is 0.0569. The van der Waals surface area contributed by atoms with Crippen molar-refractivity contribution < 1.29 is 18.0 Å². The summed E-state index contributed by atoms with van der Waals surface area (Å²) in [6.07, 6.45) is 0. The molecule has 0 amide bonds. The molecule has 0 aromatic heterocycles. The van der Waals surface area contributed by atoms with Crippen LogP contribution in [0.5, 0.6) is 0 Å². The average molecular weight is 194 g/mol. The minimum Gasteiger partial charge on any atom is -0.377 e. The van der Waals surface area contributed by atoms with Gasteiger partial charge in [0.25, 0.3) is 0 Å². The van der Waals surface area contributed by atoms with Crippen molar-refractivity contribution in [2.75, 3.05) is 34.5 Å². The van der Waals surface area contributed by atoms with Crippen LogP contribution in [0.25, 0.3) is 0 Å². The summed E-state index contributed by atoms with van der Waals surface area (Å²) < 4.78 is 19.7. The van der Waals surface area contributed by atoms with E-state index in [4.69, 9.17) is 13.3 Å². The average Bonchev–Trinajstić information content (AvgIpc) is 2.96. The van der Waals surface area contributed by atoms with Crippen LogP contribution in [0.1, 0.15) is 6.92 Å². The predicted octanol–water partition coefficient (Wildman–Crippen LogP) is 0.901. The summed E-state index contributed by atoms with van der Waals surface area (Å²) >= 11 is 0. The smallest absolute Gasteiger partial charge is 0.377 e. The van der Waals surface area contributed by atoms with Crippen LogP contribution in [0.2, 0.25) is 6.04 Å². The number of rotatable bonds is 4. The molecule has 0 spiro atoms. The monoisotopic (exact) mass is 194 g/mol. The normalized spacial score (nSPS) is 15.0. The molecule has 0 aromatic rings. The summed E-state index contributed by atoms with van der Waals surface area (Å²) in [4.78, 5) is 0. The Balaban J connectivity index is 0.000000330. The van der Waals surface area contributed by atoms with E-state index in [0.29, 0.717) is 0 Å². The molecule has 12 heavy (non-hydrogen) atoms. The molecule has 0 N–H and O–H groups in total. The molecule has 1 saturated heterocycles. The van der Waals surface area contributed by atoms with Gasteiger partial charge in [0.05, 0.1) is 13.2 Å². The molecule has 0 aliphatic carbocycles. The van der Waals surface area contributed by atoms with Crippen LogP contribution in [0, 0.1) is 0 Å². The van der Waals surface area contributed by atoms with Gasteiger partial charge in [-0.2, -0.15) is 0 Å². The van der Waals surface area contributed by atoms with E-state index in [1.807, 2.05) is 6.92 Å². The molecule has 5 heteroatoms. The third-order valence-electron chi connectivity index (χ3n) is 1.57. The first kappa shape index (κ1) is 12.1. The minimum atomic E-state index is -2.19. The van der Waals surface area contributed by atoms with E-state index in [0.717, 1.165) is 19.3 Å². The summed E-state index contributed by atoms with van der Waals surface area (Å²) in [5, 5.41) is 0. The molecule has 1 fully saturated rings. The molecule has 0 saturated carbocycles. The second kappa shape index (κ2) is 6.56. The lowest BCUT2D eigenvalue weighted by Crippen LogP contribution is -2.41. The van der Waals surface area contributed by atoms with Gasteiger partial charge in [-0.05, 0) is 0 Å². The van der Waals surface area contributed by atoms with Crippen LogP contribution >= 0.6 is 0 Å². The van der Waals surface area contributed by atoms with Crippen LogP contribution in [0.3, 0.4) is 0 Å². The molecule has 0 bridgehead atoms. The highest BCUT2D eigenvalue weighted by Crippen LogP contribution is 2.10. The number of ether oxygens (including phenoxy) is 1. The van der Waals surface area contributed by atoms with Crippen LogP contribution in [0.4, 0.5) is 0 Å².